The Morgan fingerprint density at radius 3 is 1.05 bits per heavy atom. The van der Waals surface area contributed by atoms with Crippen molar-refractivity contribution in [3.05, 3.63) is 189 Å². The van der Waals surface area contributed by atoms with Crippen LogP contribution >= 0.6 is 68.0 Å². The van der Waals surface area contributed by atoms with Crippen LogP contribution in [0.15, 0.2) is 140 Å². The van der Waals surface area contributed by atoms with E-state index < -0.39 is 11.9 Å². The summed E-state index contributed by atoms with van der Waals surface area (Å²) in [6.45, 7) is 5.87. The number of anilines is 3. The summed E-state index contributed by atoms with van der Waals surface area (Å²) < 4.78 is 10.4. The first kappa shape index (κ1) is 84.4. The fourth-order valence-electron chi connectivity index (χ4n) is 15.5. The second-order valence-corrected chi connectivity index (χ2v) is 33.8. The molecule has 0 spiro atoms. The molecular formula is C83H94LiN9O11S6. The van der Waals surface area contributed by atoms with Gasteiger partial charge in [0.05, 0.1) is 30.8 Å². The first-order valence-corrected chi connectivity index (χ1v) is 42.3. The number of thiophene rings is 3. The molecule has 0 radical (unpaired) electrons. The van der Waals surface area contributed by atoms with Crippen molar-refractivity contribution in [2.24, 2.45) is 17.8 Å². The number of nitrogens with zero attached hydrogens (tertiary/aromatic N) is 6. The van der Waals surface area contributed by atoms with Gasteiger partial charge in [-0.05, 0) is 201 Å². The number of carbonyl (C=O) groups is 6. The van der Waals surface area contributed by atoms with Gasteiger partial charge in [-0.25, -0.2) is 34.1 Å². The Morgan fingerprint density at radius 2 is 0.755 bits per heavy atom. The summed E-state index contributed by atoms with van der Waals surface area (Å²) in [5.74, 6) is -0.993. The van der Waals surface area contributed by atoms with E-state index in [1.54, 1.807) is 27.4 Å². The number of benzene rings is 3. The Labute approximate surface area is 679 Å². The molecule has 6 aromatic heterocycles. The van der Waals surface area contributed by atoms with E-state index in [-0.39, 0.29) is 53.8 Å². The Balaban J connectivity index is 0.000000166. The molecule has 3 aliphatic heterocycles. The molecule has 3 aliphatic carbocycles. The summed E-state index contributed by atoms with van der Waals surface area (Å²) in [4.78, 5) is 96.1. The SMILES string of the molecule is CN1CCC(c2cc(-c3ccc(NC(=O)c4cscn4)cc3)sc2C(=O)O)=C(C2CCCCC2)C1.COC(=O)c1sc(-c2ccc(N)cc2)cc1C1=C(C2CCCCC2)CN(C)CC1.COC(=O)c1sc(-c2ccc(NC(=O)c3cscn3)cc2)cc1C1=C(C2CCCCC2)CN(C)CC1.O=C(O)c1cscn1.[Li+].[OH-]. The van der Waals surface area contributed by atoms with Gasteiger partial charge >= 0.3 is 42.7 Å². The van der Waals surface area contributed by atoms with Crippen molar-refractivity contribution in [3.8, 4) is 31.3 Å². The van der Waals surface area contributed by atoms with Crippen molar-refractivity contribution in [3.63, 3.8) is 0 Å². The van der Waals surface area contributed by atoms with Crippen LogP contribution in [0.5, 0.6) is 0 Å². The molecule has 0 bridgehead atoms. The third kappa shape index (κ3) is 21.4. The van der Waals surface area contributed by atoms with Gasteiger partial charge in [0.25, 0.3) is 11.8 Å². The molecule has 7 N–H and O–H groups in total. The van der Waals surface area contributed by atoms with Crippen LogP contribution in [-0.2, 0) is 9.47 Å². The van der Waals surface area contributed by atoms with E-state index in [4.69, 9.17) is 20.3 Å². The fourth-order valence-corrected chi connectivity index (χ4v) is 20.4. The molecule has 27 heteroatoms. The molecule has 20 nitrogen and oxygen atoms in total. The molecule has 9 aromatic rings. The molecule has 6 aliphatic rings. The molecule has 2 amide bonds. The maximum atomic E-state index is 12.9. The number of carbonyl (C=O) groups excluding carboxylic acids is 4. The first-order chi connectivity index (χ1) is 52.4. The van der Waals surface area contributed by atoms with Crippen LogP contribution in [0.4, 0.5) is 17.1 Å². The van der Waals surface area contributed by atoms with Crippen LogP contribution in [0.1, 0.15) is 193 Å². The van der Waals surface area contributed by atoms with Crippen LogP contribution < -0.4 is 35.2 Å². The number of aromatic nitrogens is 3. The van der Waals surface area contributed by atoms with E-state index in [2.05, 4.69) is 79.6 Å². The molecule has 574 valence electrons. The van der Waals surface area contributed by atoms with Crippen molar-refractivity contribution in [1.29, 1.82) is 0 Å². The fraction of sp³-hybridized carbons (Fsp3) is 0.386. The van der Waals surface area contributed by atoms with Gasteiger partial charge in [-0.2, -0.15) is 0 Å². The summed E-state index contributed by atoms with van der Waals surface area (Å²) in [6.07, 6.45) is 22.0. The predicted molar refractivity (Wildman–Crippen MR) is 441 cm³/mol. The standard InChI is InChI=1S/C28H31N3O3S2.C27H29N3O3S2.C24H30N2O2S.C4H3NO2S.Li.H2O/c1-31-13-12-21(23(15-31)18-6-4-3-5-7-18)22-14-25(36-26(22)28(33)34-2)19-8-10-20(11-9-19)30-27(32)24-16-35-17-29-24;1-30-12-11-20(22(14-30)17-5-3-2-4-6-17)21-13-24(35-25(21)27(32)33)18-7-9-19(10-8-18)29-26(31)23-15-34-16-28-23;1-26-13-12-19(21(15-26)16-6-4-3-5-7-16)20-14-22(29-23(20)24(27)28-2)17-8-10-18(25)11-9-17;6-4(7)3-1-8-2-5-3;;/h8-11,14,16-18H,3-7,12-13,15H2,1-2H3,(H,30,32);7-10,13,15-17H,2-6,11-12,14H2,1H3,(H,29,31)(H,32,33);8-11,14,16H,3-7,12-13,15,25H2,1-2H3;1-2H,(H,6,7);;1H2/q;;;;+1;/p-1. The third-order valence-electron chi connectivity index (χ3n) is 21.1. The molecule has 0 saturated heterocycles. The smallest absolute Gasteiger partial charge is 0.870 e. The van der Waals surface area contributed by atoms with Crippen molar-refractivity contribution in [2.45, 2.75) is 116 Å². The number of amides is 2. The van der Waals surface area contributed by atoms with Gasteiger partial charge in [-0.15, -0.1) is 68.0 Å². The molecule has 0 unspecified atom stereocenters. The van der Waals surface area contributed by atoms with E-state index in [0.717, 1.165) is 117 Å². The van der Waals surface area contributed by atoms with E-state index in [1.807, 2.05) is 72.8 Å². The number of carboxylic acid groups (broad SMARTS) is 2. The summed E-state index contributed by atoms with van der Waals surface area (Å²) in [7, 11) is 9.48. The zero-order valence-electron chi connectivity index (χ0n) is 63.1. The normalized spacial score (nSPS) is 16.8. The van der Waals surface area contributed by atoms with Crippen LogP contribution in [0.25, 0.3) is 48.0 Å². The second-order valence-electron chi connectivity index (χ2n) is 28.4. The van der Waals surface area contributed by atoms with Gasteiger partial charge < -0.3 is 56.2 Å². The minimum atomic E-state index is -0.966. The van der Waals surface area contributed by atoms with E-state index >= 15 is 0 Å². The number of thiazole rings is 3. The number of carboxylic acids is 2. The number of hydrogen-bond donors (Lipinski definition) is 5. The van der Waals surface area contributed by atoms with Crippen molar-refractivity contribution < 1.29 is 72.8 Å². The summed E-state index contributed by atoms with van der Waals surface area (Å²) in [5.41, 5.74) is 28.2. The molecule has 0 atom stereocenters. The van der Waals surface area contributed by atoms with Crippen molar-refractivity contribution >= 4 is 137 Å². The number of rotatable bonds is 17. The Morgan fingerprint density at radius 1 is 0.445 bits per heavy atom. The average Bonchev–Trinajstić information content (AvgIpc) is 1.59. The predicted octanol–water partition coefficient (Wildman–Crippen LogP) is 16.2. The molecular weight excluding hydrogens is 1500 g/mol. The minimum Gasteiger partial charge on any atom is -0.870 e. The van der Waals surface area contributed by atoms with Crippen LogP contribution in [0, 0.1) is 17.8 Å². The molecule has 15 rings (SSSR count). The maximum absolute atomic E-state index is 12.9. The van der Waals surface area contributed by atoms with Crippen LogP contribution in [0.3, 0.4) is 0 Å². The van der Waals surface area contributed by atoms with Crippen LogP contribution in [-0.4, -0.2) is 156 Å². The number of nitrogens with one attached hydrogen (secondary N) is 2. The maximum Gasteiger partial charge on any atom is 1.00 e. The Hall–Kier alpha value is -8.07. The quantitative estimate of drug-likeness (QED) is 0.0322. The number of hydrogen-bond acceptors (Lipinski definition) is 22. The van der Waals surface area contributed by atoms with Gasteiger partial charge in [0.15, 0.2) is 5.69 Å². The Kier molecular flexibility index (Phi) is 31.0. The number of ether oxygens (including phenoxy) is 2. The van der Waals surface area contributed by atoms with Crippen LogP contribution in [0.2, 0.25) is 0 Å². The molecule has 110 heavy (non-hydrogen) atoms. The minimum absolute atomic E-state index is 0. The summed E-state index contributed by atoms with van der Waals surface area (Å²) >= 11 is 8.41. The number of methoxy groups -OCH3 is 2. The molecule has 9 heterocycles. The van der Waals surface area contributed by atoms with E-state index in [0.29, 0.717) is 50.3 Å². The van der Waals surface area contributed by atoms with Gasteiger partial charge in [0.2, 0.25) is 0 Å². The zero-order chi connectivity index (χ0) is 75.8. The second kappa shape index (κ2) is 40.4. The van der Waals surface area contributed by atoms with Gasteiger partial charge in [-0.3, -0.25) is 9.59 Å². The van der Waals surface area contributed by atoms with Gasteiger partial charge in [0, 0.05) is 104 Å². The van der Waals surface area contributed by atoms with E-state index in [9.17, 15) is 33.9 Å². The molecule has 3 aromatic carbocycles. The van der Waals surface area contributed by atoms with Crippen molar-refractivity contribution in [2.75, 3.05) is 91.0 Å². The van der Waals surface area contributed by atoms with Crippen molar-refractivity contribution in [1.82, 2.24) is 29.7 Å². The van der Waals surface area contributed by atoms with Gasteiger partial charge in [-0.1, -0.05) is 94.2 Å². The number of nitrogens with two attached hydrogens (primary N) is 1. The largest absolute Gasteiger partial charge is 1.00 e. The third-order valence-corrected chi connectivity index (χ3v) is 26.4. The number of aromatic carboxylic acids is 2. The monoisotopic (exact) mass is 1590 g/mol. The summed E-state index contributed by atoms with van der Waals surface area (Å²) in [5, 5.41) is 29.0. The zero-order valence-corrected chi connectivity index (χ0v) is 68.0. The van der Waals surface area contributed by atoms with Gasteiger partial charge in [0.1, 0.15) is 26.0 Å². The Bertz CT molecular complexity index is 4680. The first-order valence-electron chi connectivity index (χ1n) is 37.0. The number of likely N-dealkylation sites (N-methyl/N-ethyl adjacent to an activating group) is 3. The number of nitrogen functional groups attached to an aromatic ring is 1. The van der Waals surface area contributed by atoms with E-state index in [1.165, 1.54) is 217 Å². The topological polar surface area (TPSA) is 290 Å². The number of esters is 2. The average molecular weight is 1590 g/mol. The molecule has 3 fully saturated rings. The summed E-state index contributed by atoms with van der Waals surface area (Å²) in [6, 6.07) is 29.6. The molecule has 3 saturated carbocycles.